The average Bonchev–Trinajstić information content (AvgIpc) is 2.73. The molecule has 2 fully saturated rings. The minimum Gasteiger partial charge on any atom is -0.304 e. The van der Waals surface area contributed by atoms with Crippen molar-refractivity contribution in [3.05, 3.63) is 29.8 Å². The Hall–Kier alpha value is -1.06. The summed E-state index contributed by atoms with van der Waals surface area (Å²) in [5.74, 6) is -1.09. The van der Waals surface area contributed by atoms with Gasteiger partial charge in [0.15, 0.2) is 5.78 Å². The van der Waals surface area contributed by atoms with E-state index in [-0.39, 0.29) is 23.2 Å². The zero-order valence-electron chi connectivity index (χ0n) is 11.6. The second kappa shape index (κ2) is 4.02. The molecule has 0 N–H and O–H groups in total. The van der Waals surface area contributed by atoms with Gasteiger partial charge in [0.1, 0.15) is 0 Å². The molecular weight excluding hydrogens is 309 g/mol. The van der Waals surface area contributed by atoms with Crippen molar-refractivity contribution < 1.29 is 9.59 Å². The highest BCUT2D eigenvalue weighted by Gasteiger charge is 2.65. The van der Waals surface area contributed by atoms with E-state index in [1.165, 1.54) is 0 Å². The summed E-state index contributed by atoms with van der Waals surface area (Å²) in [6.45, 7) is 2.15. The monoisotopic (exact) mass is 323 g/mol. The first-order valence-electron chi connectivity index (χ1n) is 7.24. The van der Waals surface area contributed by atoms with Crippen LogP contribution in [-0.4, -0.2) is 22.1 Å². The highest BCUT2D eigenvalue weighted by Crippen LogP contribution is 2.57. The Kier molecular flexibility index (Phi) is 2.60. The van der Waals surface area contributed by atoms with E-state index in [4.69, 9.17) is 23.2 Å². The molecule has 1 amide bonds. The fourth-order valence-electron chi connectivity index (χ4n) is 4.51. The normalized spacial score (nSPS) is 36.4. The Labute approximate surface area is 133 Å². The number of ketones is 1. The van der Waals surface area contributed by atoms with E-state index in [2.05, 4.69) is 13.0 Å². The summed E-state index contributed by atoms with van der Waals surface area (Å²) in [6.07, 6.45) is 2.67. The predicted molar refractivity (Wildman–Crippen MR) is 81.9 cm³/mol. The maximum absolute atomic E-state index is 12.7. The molecule has 0 radical (unpaired) electrons. The number of hydrogen-bond acceptors (Lipinski definition) is 2. The number of nitrogens with zero attached hydrogens (tertiary/aromatic N) is 1. The molecule has 21 heavy (non-hydrogen) atoms. The lowest BCUT2D eigenvalue weighted by atomic mass is 9.63. The van der Waals surface area contributed by atoms with Gasteiger partial charge in [0.25, 0.3) is 10.2 Å². The van der Waals surface area contributed by atoms with E-state index in [9.17, 15) is 9.59 Å². The van der Waals surface area contributed by atoms with Crippen LogP contribution in [-0.2, 0) is 15.0 Å². The van der Waals surface area contributed by atoms with E-state index in [1.54, 1.807) is 4.90 Å². The van der Waals surface area contributed by atoms with Crippen LogP contribution in [0.15, 0.2) is 24.3 Å². The zero-order valence-corrected chi connectivity index (χ0v) is 13.1. The summed E-state index contributed by atoms with van der Waals surface area (Å²) in [6, 6.07) is 7.72. The smallest absolute Gasteiger partial charge is 0.271 e. The van der Waals surface area contributed by atoms with E-state index in [0.29, 0.717) is 0 Å². The van der Waals surface area contributed by atoms with E-state index < -0.39 is 10.2 Å². The summed E-state index contributed by atoms with van der Waals surface area (Å²) in [5.41, 5.74) is 1.81. The Bertz CT molecular complexity index is 672. The number of para-hydroxylation sites is 1. The molecule has 110 valence electrons. The highest BCUT2D eigenvalue weighted by molar-refractivity contribution is 6.69. The number of alkyl halides is 2. The van der Waals surface area contributed by atoms with Crippen molar-refractivity contribution in [2.24, 2.45) is 5.92 Å². The van der Waals surface area contributed by atoms with E-state index in [1.807, 2.05) is 18.2 Å². The molecule has 2 aliphatic heterocycles. The summed E-state index contributed by atoms with van der Waals surface area (Å²) in [7, 11) is 0. The minimum absolute atomic E-state index is 0.144. The summed E-state index contributed by atoms with van der Waals surface area (Å²) < 4.78 is -1.95. The lowest BCUT2D eigenvalue weighted by molar-refractivity contribution is -0.136. The van der Waals surface area contributed by atoms with Crippen LogP contribution in [0.2, 0.25) is 0 Å². The second-order valence-electron chi connectivity index (χ2n) is 6.49. The first-order valence-corrected chi connectivity index (χ1v) is 8.00. The molecule has 3 aliphatic rings. The van der Waals surface area contributed by atoms with Crippen LogP contribution in [0.25, 0.3) is 0 Å². The third-order valence-electron chi connectivity index (χ3n) is 5.44. The molecule has 1 aromatic carbocycles. The third kappa shape index (κ3) is 1.46. The highest BCUT2D eigenvalue weighted by atomic mass is 35.5. The maximum Gasteiger partial charge on any atom is 0.271 e. The van der Waals surface area contributed by atoms with Gasteiger partial charge >= 0.3 is 0 Å². The first-order chi connectivity index (χ1) is 9.89. The first kappa shape index (κ1) is 13.6. The average molecular weight is 324 g/mol. The molecule has 0 aromatic heterocycles. The number of piperidine rings is 1. The molecule has 0 spiro atoms. The van der Waals surface area contributed by atoms with E-state index in [0.717, 1.165) is 30.5 Å². The molecule has 5 heteroatoms. The number of hydrogen-bond donors (Lipinski definition) is 0. The number of carbonyl (C=O) groups excluding carboxylic acids is 2. The van der Waals surface area contributed by atoms with Gasteiger partial charge < -0.3 is 4.90 Å². The van der Waals surface area contributed by atoms with Crippen LogP contribution in [0.4, 0.5) is 5.69 Å². The molecule has 1 saturated heterocycles. The van der Waals surface area contributed by atoms with Crippen molar-refractivity contribution in [3.8, 4) is 0 Å². The topological polar surface area (TPSA) is 37.4 Å². The van der Waals surface area contributed by atoms with Crippen LogP contribution in [0.3, 0.4) is 0 Å². The second-order valence-corrected chi connectivity index (χ2v) is 7.82. The molecular formula is C16H15Cl2NO2. The number of benzene rings is 1. The minimum atomic E-state index is -1.95. The summed E-state index contributed by atoms with van der Waals surface area (Å²) in [5, 5.41) is 0. The lowest BCUT2D eigenvalue weighted by Gasteiger charge is -2.49. The number of rotatable bonds is 0. The number of amides is 1. The molecule has 1 saturated carbocycles. The van der Waals surface area contributed by atoms with Gasteiger partial charge in [0.05, 0.1) is 6.04 Å². The molecule has 0 bridgehead atoms. The van der Waals surface area contributed by atoms with Gasteiger partial charge in [-0.2, -0.15) is 0 Å². The molecule has 1 aliphatic carbocycles. The van der Waals surface area contributed by atoms with Crippen LogP contribution >= 0.6 is 23.2 Å². The van der Waals surface area contributed by atoms with Crippen LogP contribution < -0.4 is 4.90 Å². The summed E-state index contributed by atoms with van der Waals surface area (Å²) in [4.78, 5) is 27.0. The standard InChI is InChI=1S/C16H15Cl2NO2/c1-15-8-4-5-9-12(15)19(11-7-3-2-6-10(11)15)14(21)16(17,18)13(9)20/h2-3,6-7,9,12H,4-5,8H2,1H3/t9-,12+,15-/m1/s1. The van der Waals surface area contributed by atoms with Gasteiger partial charge in [-0.1, -0.05) is 54.7 Å². The fourth-order valence-corrected chi connectivity index (χ4v) is 4.98. The Morgan fingerprint density at radius 2 is 1.95 bits per heavy atom. The molecule has 0 unspecified atom stereocenters. The maximum atomic E-state index is 12.7. The molecule has 3 nitrogen and oxygen atoms in total. The van der Waals surface area contributed by atoms with Crippen molar-refractivity contribution in [2.45, 2.75) is 42.0 Å². The van der Waals surface area contributed by atoms with Crippen molar-refractivity contribution in [1.29, 1.82) is 0 Å². The molecule has 3 atom stereocenters. The van der Waals surface area contributed by atoms with Gasteiger partial charge in [-0.3, -0.25) is 9.59 Å². The Morgan fingerprint density at radius 1 is 1.24 bits per heavy atom. The van der Waals surface area contributed by atoms with Gasteiger partial charge in [-0.05, 0) is 24.5 Å². The van der Waals surface area contributed by atoms with Crippen LogP contribution in [0.1, 0.15) is 31.7 Å². The molecule has 1 aromatic rings. The van der Waals surface area contributed by atoms with Crippen molar-refractivity contribution in [1.82, 2.24) is 0 Å². The number of fused-ring (bicyclic) bond motifs is 3. The SMILES string of the molecule is C[C@@]12CCC[C@H]3C(=O)C(Cl)(Cl)C(=O)N(c4ccccc41)[C@@H]32. The summed E-state index contributed by atoms with van der Waals surface area (Å²) >= 11 is 12.2. The Morgan fingerprint density at radius 3 is 2.71 bits per heavy atom. The van der Waals surface area contributed by atoms with Crippen LogP contribution in [0.5, 0.6) is 0 Å². The molecule has 4 rings (SSSR count). The Balaban J connectivity index is 1.99. The fraction of sp³-hybridized carbons (Fsp3) is 0.500. The largest absolute Gasteiger partial charge is 0.304 e. The molecule has 2 heterocycles. The van der Waals surface area contributed by atoms with Gasteiger partial charge in [-0.25, -0.2) is 0 Å². The number of halogens is 2. The zero-order chi connectivity index (χ0) is 15.0. The van der Waals surface area contributed by atoms with E-state index >= 15 is 0 Å². The van der Waals surface area contributed by atoms with Gasteiger partial charge in [0, 0.05) is 17.0 Å². The number of anilines is 1. The number of carbonyl (C=O) groups is 2. The van der Waals surface area contributed by atoms with Crippen molar-refractivity contribution >= 4 is 40.6 Å². The lowest BCUT2D eigenvalue weighted by Crippen LogP contribution is -2.66. The van der Waals surface area contributed by atoms with Crippen molar-refractivity contribution in [2.75, 3.05) is 4.90 Å². The third-order valence-corrected chi connectivity index (χ3v) is 6.13. The van der Waals surface area contributed by atoms with Crippen molar-refractivity contribution in [3.63, 3.8) is 0 Å². The van der Waals surface area contributed by atoms with Crippen LogP contribution in [0, 0.1) is 5.92 Å². The van der Waals surface area contributed by atoms with Gasteiger partial charge in [-0.15, -0.1) is 0 Å². The van der Waals surface area contributed by atoms with Gasteiger partial charge in [0.2, 0.25) is 0 Å². The number of Topliss-reactive ketones (excluding diaryl/α,β-unsaturated/α-hetero) is 1. The quantitative estimate of drug-likeness (QED) is 0.543. The predicted octanol–water partition coefficient (Wildman–Crippen LogP) is 3.22.